The van der Waals surface area contributed by atoms with Gasteiger partial charge in [-0.3, -0.25) is 4.79 Å². The first kappa shape index (κ1) is 16.9. The molecule has 0 aliphatic rings. The summed E-state index contributed by atoms with van der Waals surface area (Å²) in [5.41, 5.74) is 1.03. The fourth-order valence-electron chi connectivity index (χ4n) is 2.07. The highest BCUT2D eigenvalue weighted by Gasteiger charge is 2.07. The van der Waals surface area contributed by atoms with E-state index in [9.17, 15) is 14.4 Å². The van der Waals surface area contributed by atoms with Crippen molar-refractivity contribution in [2.75, 3.05) is 0 Å². The van der Waals surface area contributed by atoms with Crippen LogP contribution in [0.3, 0.4) is 0 Å². The zero-order valence-electron chi connectivity index (χ0n) is 12.5. The van der Waals surface area contributed by atoms with Crippen LogP contribution in [0.25, 0.3) is 12.2 Å². The van der Waals surface area contributed by atoms with E-state index in [1.54, 1.807) is 36.4 Å². The van der Waals surface area contributed by atoms with Crippen molar-refractivity contribution in [1.29, 1.82) is 0 Å². The molecule has 0 aromatic heterocycles. The minimum absolute atomic E-state index is 0.0988. The third kappa shape index (κ3) is 4.27. The van der Waals surface area contributed by atoms with Crippen molar-refractivity contribution < 1.29 is 24.6 Å². The number of hydrogen-bond acceptors (Lipinski definition) is 3. The minimum Gasteiger partial charge on any atom is -0.478 e. The summed E-state index contributed by atoms with van der Waals surface area (Å²) in [5.74, 6) is -2.53. The lowest BCUT2D eigenvalue weighted by molar-refractivity contribution is -0.110. The van der Waals surface area contributed by atoms with Gasteiger partial charge in [0.15, 0.2) is 5.78 Å². The monoisotopic (exact) mass is 322 g/mol. The Bertz CT molecular complexity index is 777. The molecule has 2 rings (SSSR count). The summed E-state index contributed by atoms with van der Waals surface area (Å²) >= 11 is 0. The summed E-state index contributed by atoms with van der Waals surface area (Å²) in [4.78, 5) is 34.1. The van der Waals surface area contributed by atoms with E-state index in [0.29, 0.717) is 11.1 Å². The Hall–Kier alpha value is -3.47. The molecule has 5 heteroatoms. The van der Waals surface area contributed by atoms with Gasteiger partial charge in [0.25, 0.3) is 0 Å². The Labute approximate surface area is 138 Å². The van der Waals surface area contributed by atoms with Crippen LogP contribution in [0.15, 0.2) is 60.7 Å². The molecule has 120 valence electrons. The number of allylic oxidation sites excluding steroid dienone is 2. The molecule has 0 spiro atoms. The Balaban J connectivity index is 2.17. The number of aromatic carboxylic acids is 2. The van der Waals surface area contributed by atoms with Crippen LogP contribution in [-0.2, 0) is 4.79 Å². The highest BCUT2D eigenvalue weighted by molar-refractivity contribution is 6.06. The maximum absolute atomic E-state index is 11.9. The maximum Gasteiger partial charge on any atom is 0.336 e. The second-order valence-electron chi connectivity index (χ2n) is 4.85. The predicted octanol–water partition coefficient (Wildman–Crippen LogP) is 3.38. The lowest BCUT2D eigenvalue weighted by atomic mass is 10.1. The standard InChI is InChI=1S/C19H14O5/c20-15(11-9-13-5-1-3-7-16(13)18(21)22)12-10-14-6-2-4-8-17(14)19(23)24/h1-12H,(H,21,22)(H,23,24)/b11-9+,12-10+. The van der Waals surface area contributed by atoms with E-state index < -0.39 is 11.9 Å². The topological polar surface area (TPSA) is 91.7 Å². The summed E-state index contributed by atoms with van der Waals surface area (Å²) in [6.45, 7) is 0. The molecule has 0 heterocycles. The van der Waals surface area contributed by atoms with Crippen molar-refractivity contribution in [3.8, 4) is 0 Å². The molecule has 0 radical (unpaired) electrons. The highest BCUT2D eigenvalue weighted by atomic mass is 16.4. The van der Waals surface area contributed by atoms with Gasteiger partial charge in [-0.2, -0.15) is 0 Å². The van der Waals surface area contributed by atoms with Crippen molar-refractivity contribution >= 4 is 29.9 Å². The summed E-state index contributed by atoms with van der Waals surface area (Å²) < 4.78 is 0. The molecule has 2 aromatic carbocycles. The first-order valence-electron chi connectivity index (χ1n) is 7.04. The number of ketones is 1. The van der Waals surface area contributed by atoms with Crippen LogP contribution in [0.5, 0.6) is 0 Å². The number of hydrogen-bond donors (Lipinski definition) is 2. The highest BCUT2D eigenvalue weighted by Crippen LogP contribution is 2.12. The average Bonchev–Trinajstić information content (AvgIpc) is 2.58. The average molecular weight is 322 g/mol. The van der Waals surface area contributed by atoms with Gasteiger partial charge < -0.3 is 10.2 Å². The maximum atomic E-state index is 11.9. The van der Waals surface area contributed by atoms with Gasteiger partial charge in [-0.05, 0) is 35.4 Å². The van der Waals surface area contributed by atoms with Crippen LogP contribution in [0, 0.1) is 0 Å². The molecule has 0 saturated carbocycles. The van der Waals surface area contributed by atoms with Gasteiger partial charge in [-0.1, -0.05) is 48.6 Å². The van der Waals surface area contributed by atoms with Gasteiger partial charge in [0.2, 0.25) is 0 Å². The largest absolute Gasteiger partial charge is 0.478 e. The molecule has 2 aromatic rings. The zero-order chi connectivity index (χ0) is 17.5. The molecule has 0 saturated heterocycles. The summed E-state index contributed by atoms with van der Waals surface area (Å²) in [7, 11) is 0. The van der Waals surface area contributed by atoms with Crippen molar-refractivity contribution in [2.45, 2.75) is 0 Å². The van der Waals surface area contributed by atoms with Crippen LogP contribution in [0.2, 0.25) is 0 Å². The summed E-state index contributed by atoms with van der Waals surface area (Å²) in [5, 5.41) is 18.2. The lowest BCUT2D eigenvalue weighted by Gasteiger charge is -2.00. The molecule has 0 unspecified atom stereocenters. The third-order valence-electron chi connectivity index (χ3n) is 3.24. The second kappa shape index (κ2) is 7.69. The van der Waals surface area contributed by atoms with E-state index in [4.69, 9.17) is 10.2 Å². The molecule has 0 amide bonds. The van der Waals surface area contributed by atoms with Crippen LogP contribution >= 0.6 is 0 Å². The van der Waals surface area contributed by atoms with Crippen LogP contribution < -0.4 is 0 Å². The lowest BCUT2D eigenvalue weighted by Crippen LogP contribution is -1.99. The number of carboxylic acid groups (broad SMARTS) is 2. The molecule has 5 nitrogen and oxygen atoms in total. The van der Waals surface area contributed by atoms with Gasteiger partial charge in [0.1, 0.15) is 0 Å². The zero-order valence-corrected chi connectivity index (χ0v) is 12.5. The van der Waals surface area contributed by atoms with E-state index in [2.05, 4.69) is 0 Å². The Morgan fingerprint density at radius 2 is 1.04 bits per heavy atom. The molecule has 0 fully saturated rings. The van der Waals surface area contributed by atoms with Gasteiger partial charge in [0, 0.05) is 0 Å². The smallest absolute Gasteiger partial charge is 0.336 e. The molecule has 2 N–H and O–H groups in total. The minimum atomic E-state index is -1.08. The van der Waals surface area contributed by atoms with E-state index >= 15 is 0 Å². The molecular weight excluding hydrogens is 308 g/mol. The van der Waals surface area contributed by atoms with Crippen molar-refractivity contribution in [3.05, 3.63) is 82.9 Å². The first-order valence-corrected chi connectivity index (χ1v) is 7.04. The van der Waals surface area contributed by atoms with Gasteiger partial charge in [0.05, 0.1) is 11.1 Å². The molecule has 0 aliphatic carbocycles. The van der Waals surface area contributed by atoms with Gasteiger partial charge in [-0.15, -0.1) is 0 Å². The predicted molar refractivity (Wildman–Crippen MR) is 89.9 cm³/mol. The molecular formula is C19H14O5. The van der Waals surface area contributed by atoms with Crippen molar-refractivity contribution in [2.24, 2.45) is 0 Å². The Morgan fingerprint density at radius 3 is 1.42 bits per heavy atom. The van der Waals surface area contributed by atoms with E-state index in [0.717, 1.165) is 0 Å². The molecule has 24 heavy (non-hydrogen) atoms. The van der Waals surface area contributed by atoms with Crippen molar-refractivity contribution in [1.82, 2.24) is 0 Å². The SMILES string of the molecule is O=C(/C=C/c1ccccc1C(=O)O)/C=C/c1ccccc1C(=O)O. The Kier molecular flexibility index (Phi) is 5.41. The van der Waals surface area contributed by atoms with Crippen LogP contribution in [-0.4, -0.2) is 27.9 Å². The van der Waals surface area contributed by atoms with Gasteiger partial charge >= 0.3 is 11.9 Å². The summed E-state index contributed by atoms with van der Waals surface area (Å²) in [6, 6.07) is 12.6. The fraction of sp³-hybridized carbons (Fsp3) is 0. The molecule has 0 atom stereocenters. The number of carbonyl (C=O) groups is 3. The number of carboxylic acids is 2. The van der Waals surface area contributed by atoms with E-state index in [1.807, 2.05) is 0 Å². The molecule has 0 aliphatic heterocycles. The normalized spacial score (nSPS) is 11.0. The van der Waals surface area contributed by atoms with Crippen LogP contribution in [0.1, 0.15) is 31.8 Å². The number of rotatable bonds is 6. The number of carbonyl (C=O) groups excluding carboxylic acids is 1. The number of benzene rings is 2. The third-order valence-corrected chi connectivity index (χ3v) is 3.24. The summed E-state index contributed by atoms with van der Waals surface area (Å²) in [6.07, 6.45) is 5.31. The first-order chi connectivity index (χ1) is 11.5. The van der Waals surface area contributed by atoms with Crippen molar-refractivity contribution in [3.63, 3.8) is 0 Å². The fourth-order valence-corrected chi connectivity index (χ4v) is 2.07. The second-order valence-corrected chi connectivity index (χ2v) is 4.85. The molecule has 0 bridgehead atoms. The van der Waals surface area contributed by atoms with Crippen LogP contribution in [0.4, 0.5) is 0 Å². The Morgan fingerprint density at radius 1 is 0.667 bits per heavy atom. The van der Waals surface area contributed by atoms with E-state index in [1.165, 1.54) is 36.4 Å². The quantitative estimate of drug-likeness (QED) is 0.796. The van der Waals surface area contributed by atoms with E-state index in [-0.39, 0.29) is 16.9 Å². The van der Waals surface area contributed by atoms with Gasteiger partial charge in [-0.25, -0.2) is 9.59 Å².